The molecule has 0 spiro atoms. The molecule has 146 valence electrons. The summed E-state index contributed by atoms with van der Waals surface area (Å²) in [6.07, 6.45) is 7.60. The van der Waals surface area contributed by atoms with Crippen LogP contribution in [0.3, 0.4) is 0 Å². The van der Waals surface area contributed by atoms with Crippen LogP contribution in [0.25, 0.3) is 0 Å². The summed E-state index contributed by atoms with van der Waals surface area (Å²) in [7, 11) is -9.73. The number of hydrogen-bond donors (Lipinski definition) is 3. The molecular formula is C15H34O7P2. The van der Waals surface area contributed by atoms with Crippen molar-refractivity contribution < 1.29 is 32.6 Å². The largest absolute Gasteiger partial charge is 0.481 e. The van der Waals surface area contributed by atoms with Gasteiger partial charge in [0.25, 0.3) is 0 Å². The lowest BCUT2D eigenvalue weighted by molar-refractivity contribution is 0.169. The lowest BCUT2D eigenvalue weighted by Gasteiger charge is -2.16. The van der Waals surface area contributed by atoms with E-state index >= 15 is 0 Å². The Hall–Kier alpha value is 0.260. The van der Waals surface area contributed by atoms with Crippen LogP contribution in [-0.2, 0) is 18.0 Å². The zero-order chi connectivity index (χ0) is 18.8. The highest BCUT2D eigenvalue weighted by atomic mass is 31.3. The summed E-state index contributed by atoms with van der Waals surface area (Å²) in [5.74, 6) is 1.78. The molecule has 0 aromatic heterocycles. The second-order valence-corrected chi connectivity index (χ2v) is 9.96. The Labute approximate surface area is 146 Å². The molecule has 0 aromatic carbocycles. The lowest BCUT2D eigenvalue weighted by atomic mass is 9.93. The summed E-state index contributed by atoms with van der Waals surface area (Å²) in [6.45, 7) is 8.71. The first-order chi connectivity index (χ1) is 10.9. The maximum Gasteiger partial charge on any atom is 0.481 e. The normalized spacial score (nSPS) is 17.7. The van der Waals surface area contributed by atoms with E-state index in [-0.39, 0.29) is 6.61 Å². The molecule has 3 N–H and O–H groups in total. The van der Waals surface area contributed by atoms with E-state index in [0.717, 1.165) is 18.8 Å². The Morgan fingerprint density at radius 1 is 0.792 bits per heavy atom. The smallest absolute Gasteiger partial charge is 0.302 e. The van der Waals surface area contributed by atoms with E-state index in [4.69, 9.17) is 14.7 Å². The summed E-state index contributed by atoms with van der Waals surface area (Å²) in [5, 5.41) is 0. The van der Waals surface area contributed by atoms with Crippen molar-refractivity contribution in [1.29, 1.82) is 0 Å². The molecule has 9 heteroatoms. The predicted octanol–water partition coefficient (Wildman–Crippen LogP) is 4.87. The lowest BCUT2D eigenvalue weighted by Crippen LogP contribution is -2.03. The first kappa shape index (κ1) is 24.3. The van der Waals surface area contributed by atoms with Gasteiger partial charge in [0, 0.05) is 0 Å². The van der Waals surface area contributed by atoms with E-state index in [0.29, 0.717) is 18.3 Å². The van der Waals surface area contributed by atoms with Gasteiger partial charge in [0.05, 0.1) is 6.61 Å². The van der Waals surface area contributed by atoms with Crippen molar-refractivity contribution in [1.82, 2.24) is 0 Å². The number of phosphoric acid groups is 2. The van der Waals surface area contributed by atoms with Gasteiger partial charge in [-0.15, -0.1) is 0 Å². The summed E-state index contributed by atoms with van der Waals surface area (Å²) < 4.78 is 30.1. The minimum absolute atomic E-state index is 0.0705. The van der Waals surface area contributed by atoms with Crippen LogP contribution in [-0.4, -0.2) is 21.3 Å². The molecule has 0 bridgehead atoms. The molecular weight excluding hydrogens is 354 g/mol. The van der Waals surface area contributed by atoms with Crippen molar-refractivity contribution in [2.24, 2.45) is 17.8 Å². The van der Waals surface area contributed by atoms with Gasteiger partial charge >= 0.3 is 15.6 Å². The van der Waals surface area contributed by atoms with E-state index in [1.165, 1.54) is 25.7 Å². The molecule has 0 saturated heterocycles. The zero-order valence-corrected chi connectivity index (χ0v) is 17.0. The molecule has 1 unspecified atom stereocenters. The zero-order valence-electron chi connectivity index (χ0n) is 15.3. The van der Waals surface area contributed by atoms with E-state index in [1.807, 2.05) is 6.92 Å². The molecule has 0 aliphatic carbocycles. The van der Waals surface area contributed by atoms with Gasteiger partial charge in [-0.1, -0.05) is 66.2 Å². The van der Waals surface area contributed by atoms with E-state index in [1.54, 1.807) is 0 Å². The second-order valence-electron chi connectivity index (χ2n) is 7.13. The summed E-state index contributed by atoms with van der Waals surface area (Å²) in [5.41, 5.74) is 0. The average molecular weight is 388 g/mol. The van der Waals surface area contributed by atoms with Gasteiger partial charge in [-0.3, -0.25) is 4.52 Å². The van der Waals surface area contributed by atoms with Gasteiger partial charge in [0.15, 0.2) is 0 Å². The van der Waals surface area contributed by atoms with Crippen LogP contribution in [0.15, 0.2) is 0 Å². The molecule has 7 nitrogen and oxygen atoms in total. The van der Waals surface area contributed by atoms with Crippen LogP contribution in [0.5, 0.6) is 0 Å². The molecule has 0 heterocycles. The van der Waals surface area contributed by atoms with Gasteiger partial charge in [0.2, 0.25) is 0 Å². The molecule has 0 fully saturated rings. The highest BCUT2D eigenvalue weighted by Gasteiger charge is 2.32. The molecule has 3 atom stereocenters. The first-order valence-electron chi connectivity index (χ1n) is 8.65. The van der Waals surface area contributed by atoms with Gasteiger partial charge in [-0.05, 0) is 24.2 Å². The Morgan fingerprint density at radius 3 is 1.71 bits per heavy atom. The van der Waals surface area contributed by atoms with Crippen LogP contribution >= 0.6 is 15.6 Å². The molecule has 24 heavy (non-hydrogen) atoms. The van der Waals surface area contributed by atoms with Crippen molar-refractivity contribution >= 4 is 15.6 Å². The molecule has 0 rings (SSSR count). The quantitative estimate of drug-likeness (QED) is 0.364. The van der Waals surface area contributed by atoms with E-state index in [2.05, 4.69) is 29.6 Å². The third kappa shape index (κ3) is 15.8. The Kier molecular flexibility index (Phi) is 11.9. The molecule has 0 radical (unpaired) electrons. The van der Waals surface area contributed by atoms with Crippen molar-refractivity contribution in [3.8, 4) is 0 Å². The van der Waals surface area contributed by atoms with Crippen molar-refractivity contribution in [2.45, 2.75) is 72.6 Å². The summed E-state index contributed by atoms with van der Waals surface area (Å²) >= 11 is 0. The topological polar surface area (TPSA) is 113 Å². The number of rotatable bonds is 14. The molecule has 0 aliphatic rings. The van der Waals surface area contributed by atoms with Crippen LogP contribution in [0.1, 0.15) is 72.6 Å². The molecule has 0 aromatic rings. The molecule has 0 saturated carbocycles. The van der Waals surface area contributed by atoms with E-state index < -0.39 is 15.6 Å². The first-order valence-corrected chi connectivity index (χ1v) is 11.7. The predicted molar refractivity (Wildman–Crippen MR) is 94.4 cm³/mol. The number of phosphoric ester groups is 1. The maximum atomic E-state index is 11.3. The SMILES string of the molecule is CC(C)CCC[C@H](C)CCC[C@H](C)CCOP(=O)(O)OP(=O)(O)O. The Balaban J connectivity index is 3.78. The van der Waals surface area contributed by atoms with Crippen LogP contribution < -0.4 is 0 Å². The van der Waals surface area contributed by atoms with E-state index in [9.17, 15) is 9.13 Å². The molecule has 0 aliphatic heterocycles. The minimum atomic E-state index is -5.03. The maximum absolute atomic E-state index is 11.3. The van der Waals surface area contributed by atoms with Crippen molar-refractivity contribution in [2.75, 3.05) is 6.61 Å². The second kappa shape index (κ2) is 11.8. The molecule has 0 amide bonds. The van der Waals surface area contributed by atoms with Crippen LogP contribution in [0.4, 0.5) is 0 Å². The monoisotopic (exact) mass is 388 g/mol. The van der Waals surface area contributed by atoms with Crippen molar-refractivity contribution in [3.63, 3.8) is 0 Å². The van der Waals surface area contributed by atoms with Gasteiger partial charge in [-0.2, -0.15) is 4.31 Å². The third-order valence-electron chi connectivity index (χ3n) is 3.95. The third-order valence-corrected chi connectivity index (χ3v) is 6.13. The Bertz CT molecular complexity index is 422. The fraction of sp³-hybridized carbons (Fsp3) is 1.00. The van der Waals surface area contributed by atoms with Crippen molar-refractivity contribution in [3.05, 3.63) is 0 Å². The fourth-order valence-electron chi connectivity index (χ4n) is 2.51. The summed E-state index contributed by atoms with van der Waals surface area (Å²) in [4.78, 5) is 26.1. The van der Waals surface area contributed by atoms with Gasteiger partial charge < -0.3 is 14.7 Å². The van der Waals surface area contributed by atoms with Gasteiger partial charge in [-0.25, -0.2) is 9.13 Å². The van der Waals surface area contributed by atoms with Gasteiger partial charge in [0.1, 0.15) is 0 Å². The minimum Gasteiger partial charge on any atom is -0.302 e. The number of hydrogen-bond acceptors (Lipinski definition) is 4. The van der Waals surface area contributed by atoms with Crippen LogP contribution in [0, 0.1) is 17.8 Å². The fourth-order valence-corrected chi connectivity index (χ4v) is 4.11. The Morgan fingerprint density at radius 2 is 1.25 bits per heavy atom. The highest BCUT2D eigenvalue weighted by Crippen LogP contribution is 2.57. The standard InChI is InChI=1S/C15H34O7P2/c1-13(2)7-5-8-14(3)9-6-10-15(4)11-12-21-24(19,20)22-23(16,17)18/h13-15H,5-12H2,1-4H3,(H,19,20)(H2,16,17,18)/t14-,15-/m0/s1. The average Bonchev–Trinajstić information content (AvgIpc) is 2.34. The van der Waals surface area contributed by atoms with Crippen LogP contribution in [0.2, 0.25) is 0 Å². The highest BCUT2D eigenvalue weighted by molar-refractivity contribution is 7.60. The summed E-state index contributed by atoms with van der Waals surface area (Å²) in [6, 6.07) is 0.